The van der Waals surface area contributed by atoms with E-state index in [1.54, 1.807) is 13.0 Å². The van der Waals surface area contributed by atoms with E-state index in [4.69, 9.17) is 9.84 Å². The average molecular weight is 356 g/mol. The molecule has 1 atom stereocenters. The molecule has 0 aliphatic rings. The van der Waals surface area contributed by atoms with Crippen LogP contribution in [0.15, 0.2) is 30.9 Å². The molecule has 8 nitrogen and oxygen atoms in total. The number of benzene rings is 1. The SMILES string of the molecule is C=CCOCC(NC(=O)c1cc(C)ccc1NS(C)(=O)=O)C(=O)O. The second kappa shape index (κ2) is 8.46. The predicted octanol–water partition coefficient (Wildman–Crippen LogP) is 0.752. The van der Waals surface area contributed by atoms with Crippen molar-refractivity contribution in [2.45, 2.75) is 13.0 Å². The molecular weight excluding hydrogens is 336 g/mol. The van der Waals surface area contributed by atoms with Crippen molar-refractivity contribution in [1.82, 2.24) is 5.32 Å². The standard InChI is InChI=1S/C15H20N2O6S/c1-4-7-23-9-13(15(19)20)16-14(18)11-8-10(2)5-6-12(11)17-24(3,21)22/h4-6,8,13,17H,1,7,9H2,2-3H3,(H,16,18)(H,19,20). The van der Waals surface area contributed by atoms with Crippen LogP contribution in [0.2, 0.25) is 0 Å². The van der Waals surface area contributed by atoms with Crippen LogP contribution in [0.25, 0.3) is 0 Å². The summed E-state index contributed by atoms with van der Waals surface area (Å²) in [6.07, 6.45) is 2.41. The summed E-state index contributed by atoms with van der Waals surface area (Å²) in [6, 6.07) is 3.26. The number of carbonyl (C=O) groups is 2. The maximum absolute atomic E-state index is 12.4. The molecule has 0 saturated heterocycles. The lowest BCUT2D eigenvalue weighted by atomic mass is 10.1. The number of carboxylic acids is 1. The molecule has 1 aromatic rings. The Kier molecular flexibility index (Phi) is 6.93. The first-order valence-corrected chi connectivity index (χ1v) is 8.84. The summed E-state index contributed by atoms with van der Waals surface area (Å²) in [4.78, 5) is 23.6. The zero-order valence-corrected chi connectivity index (χ0v) is 14.2. The first kappa shape index (κ1) is 19.7. The van der Waals surface area contributed by atoms with Crippen molar-refractivity contribution in [2.24, 2.45) is 0 Å². The summed E-state index contributed by atoms with van der Waals surface area (Å²) >= 11 is 0. The molecule has 0 bridgehead atoms. The van der Waals surface area contributed by atoms with Crippen LogP contribution >= 0.6 is 0 Å². The van der Waals surface area contributed by atoms with E-state index in [0.29, 0.717) is 5.56 Å². The molecule has 24 heavy (non-hydrogen) atoms. The number of hydrogen-bond donors (Lipinski definition) is 3. The van der Waals surface area contributed by atoms with Gasteiger partial charge in [0.05, 0.1) is 30.7 Å². The lowest BCUT2D eigenvalue weighted by Gasteiger charge is -2.16. The number of aryl methyl sites for hydroxylation is 1. The van der Waals surface area contributed by atoms with E-state index in [9.17, 15) is 18.0 Å². The molecule has 3 N–H and O–H groups in total. The van der Waals surface area contributed by atoms with Crippen molar-refractivity contribution in [2.75, 3.05) is 24.2 Å². The quantitative estimate of drug-likeness (QED) is 0.443. The Labute approximate surface area is 140 Å². The highest BCUT2D eigenvalue weighted by molar-refractivity contribution is 7.92. The highest BCUT2D eigenvalue weighted by atomic mass is 32.2. The van der Waals surface area contributed by atoms with E-state index in [-0.39, 0.29) is 24.5 Å². The highest BCUT2D eigenvalue weighted by Crippen LogP contribution is 2.18. The number of rotatable bonds is 9. The Balaban J connectivity index is 3.01. The van der Waals surface area contributed by atoms with Gasteiger partial charge in [0.2, 0.25) is 10.0 Å². The number of ether oxygens (including phenoxy) is 1. The summed E-state index contributed by atoms with van der Waals surface area (Å²) in [5.74, 6) is -1.99. The largest absolute Gasteiger partial charge is 0.480 e. The van der Waals surface area contributed by atoms with Gasteiger partial charge in [-0.2, -0.15) is 0 Å². The van der Waals surface area contributed by atoms with E-state index < -0.39 is 27.9 Å². The molecule has 0 heterocycles. The Morgan fingerprint density at radius 3 is 2.62 bits per heavy atom. The van der Waals surface area contributed by atoms with Gasteiger partial charge < -0.3 is 15.2 Å². The molecule has 1 aromatic carbocycles. The van der Waals surface area contributed by atoms with Crippen molar-refractivity contribution >= 4 is 27.6 Å². The number of carboxylic acid groups (broad SMARTS) is 1. The molecule has 1 rings (SSSR count). The lowest BCUT2D eigenvalue weighted by Crippen LogP contribution is -2.44. The highest BCUT2D eigenvalue weighted by Gasteiger charge is 2.23. The molecule has 9 heteroatoms. The maximum atomic E-state index is 12.4. The second-order valence-electron chi connectivity index (χ2n) is 5.11. The van der Waals surface area contributed by atoms with Crippen molar-refractivity contribution in [3.63, 3.8) is 0 Å². The summed E-state index contributed by atoms with van der Waals surface area (Å²) in [5.41, 5.74) is 0.807. The van der Waals surface area contributed by atoms with E-state index >= 15 is 0 Å². The van der Waals surface area contributed by atoms with Crippen LogP contribution in [-0.2, 0) is 19.6 Å². The molecule has 0 aliphatic heterocycles. The van der Waals surface area contributed by atoms with Crippen molar-refractivity contribution < 1.29 is 27.9 Å². The average Bonchev–Trinajstić information content (AvgIpc) is 2.46. The van der Waals surface area contributed by atoms with E-state index in [2.05, 4.69) is 16.6 Å². The number of sulfonamides is 1. The van der Waals surface area contributed by atoms with Crippen LogP contribution in [0, 0.1) is 6.92 Å². The van der Waals surface area contributed by atoms with Gasteiger partial charge in [0.1, 0.15) is 0 Å². The molecule has 0 fully saturated rings. The number of nitrogens with one attached hydrogen (secondary N) is 2. The third-order valence-electron chi connectivity index (χ3n) is 2.84. The van der Waals surface area contributed by atoms with Crippen LogP contribution in [0.5, 0.6) is 0 Å². The first-order valence-electron chi connectivity index (χ1n) is 6.95. The van der Waals surface area contributed by atoms with E-state index in [0.717, 1.165) is 6.26 Å². The minimum absolute atomic E-state index is 0.0235. The number of aliphatic carboxylic acids is 1. The molecule has 1 unspecified atom stereocenters. The minimum Gasteiger partial charge on any atom is -0.480 e. The maximum Gasteiger partial charge on any atom is 0.328 e. The fourth-order valence-electron chi connectivity index (χ4n) is 1.81. The van der Waals surface area contributed by atoms with Gasteiger partial charge in [-0.1, -0.05) is 17.7 Å². The van der Waals surface area contributed by atoms with Crippen LogP contribution in [-0.4, -0.2) is 50.9 Å². The van der Waals surface area contributed by atoms with Crippen LogP contribution in [0.4, 0.5) is 5.69 Å². The van der Waals surface area contributed by atoms with Gasteiger partial charge >= 0.3 is 5.97 Å². The molecule has 0 aromatic heterocycles. The fourth-order valence-corrected chi connectivity index (χ4v) is 2.39. The Bertz CT molecular complexity index is 729. The Morgan fingerprint density at radius 2 is 2.08 bits per heavy atom. The molecular formula is C15H20N2O6S. The molecule has 0 radical (unpaired) electrons. The third kappa shape index (κ3) is 6.39. The smallest absolute Gasteiger partial charge is 0.328 e. The number of hydrogen-bond acceptors (Lipinski definition) is 5. The van der Waals surface area contributed by atoms with Crippen molar-refractivity contribution in [3.05, 3.63) is 42.0 Å². The molecule has 0 saturated carbocycles. The van der Waals surface area contributed by atoms with Gasteiger partial charge in [-0.3, -0.25) is 9.52 Å². The van der Waals surface area contributed by atoms with Crippen LogP contribution in [0.3, 0.4) is 0 Å². The van der Waals surface area contributed by atoms with Gasteiger partial charge in [0, 0.05) is 0 Å². The fraction of sp³-hybridized carbons (Fsp3) is 0.333. The number of anilines is 1. The summed E-state index contributed by atoms with van der Waals surface area (Å²) in [5, 5.41) is 11.5. The van der Waals surface area contributed by atoms with Gasteiger partial charge in [-0.05, 0) is 19.1 Å². The minimum atomic E-state index is -3.59. The second-order valence-corrected chi connectivity index (χ2v) is 6.86. The van der Waals surface area contributed by atoms with Crippen LogP contribution in [0.1, 0.15) is 15.9 Å². The topological polar surface area (TPSA) is 122 Å². The van der Waals surface area contributed by atoms with Gasteiger partial charge in [0.25, 0.3) is 5.91 Å². The zero-order valence-electron chi connectivity index (χ0n) is 13.4. The van der Waals surface area contributed by atoms with Crippen LogP contribution < -0.4 is 10.0 Å². The Hall–Kier alpha value is -2.39. The van der Waals surface area contributed by atoms with Crippen molar-refractivity contribution in [1.29, 1.82) is 0 Å². The summed E-state index contributed by atoms with van der Waals surface area (Å²) in [7, 11) is -3.59. The van der Waals surface area contributed by atoms with E-state index in [1.807, 2.05) is 0 Å². The summed E-state index contributed by atoms with van der Waals surface area (Å²) < 4.78 is 30.1. The molecule has 0 spiro atoms. The van der Waals surface area contributed by atoms with E-state index in [1.165, 1.54) is 18.2 Å². The monoisotopic (exact) mass is 356 g/mol. The van der Waals surface area contributed by atoms with Gasteiger partial charge in [-0.15, -0.1) is 6.58 Å². The molecule has 0 aliphatic carbocycles. The normalized spacial score (nSPS) is 12.2. The molecule has 132 valence electrons. The lowest BCUT2D eigenvalue weighted by molar-refractivity contribution is -0.140. The van der Waals surface area contributed by atoms with Gasteiger partial charge in [-0.25, -0.2) is 13.2 Å². The summed E-state index contributed by atoms with van der Waals surface area (Å²) in [6.45, 7) is 5.07. The zero-order chi connectivity index (χ0) is 18.3. The first-order chi connectivity index (χ1) is 11.1. The third-order valence-corrected chi connectivity index (χ3v) is 3.43. The van der Waals surface area contributed by atoms with Gasteiger partial charge in [0.15, 0.2) is 6.04 Å². The predicted molar refractivity (Wildman–Crippen MR) is 89.6 cm³/mol. The Morgan fingerprint density at radius 1 is 1.42 bits per heavy atom. The number of amides is 1. The number of carbonyl (C=O) groups excluding carboxylic acids is 1. The van der Waals surface area contributed by atoms with Crippen molar-refractivity contribution in [3.8, 4) is 0 Å². The molecule has 1 amide bonds.